The van der Waals surface area contributed by atoms with Gasteiger partial charge in [-0.25, -0.2) is 0 Å². The predicted octanol–water partition coefficient (Wildman–Crippen LogP) is 32.3. The molecule has 734 valence electrons. The Kier molecular flexibility index (Phi) is 66.4. The Labute approximate surface area is 917 Å². The van der Waals surface area contributed by atoms with E-state index in [4.69, 9.17) is 69.6 Å². The molecule has 2 saturated heterocycles. The molecule has 0 amide bonds. The third-order valence-electron chi connectivity index (χ3n) is 27.9. The number of hydrogen-bond acceptors (Lipinski definition) is 4. The van der Waals surface area contributed by atoms with Gasteiger partial charge in [0.25, 0.3) is 0 Å². The molecular weight excluding hydrogens is 2620 g/mol. The quantitative estimate of drug-likeness (QED) is 0.0222. The minimum absolute atomic E-state index is 0. The van der Waals surface area contributed by atoms with Crippen molar-refractivity contribution in [1.82, 2.24) is 21.3 Å². The van der Waals surface area contributed by atoms with Gasteiger partial charge in [0.15, 0.2) is 0 Å². The van der Waals surface area contributed by atoms with Crippen LogP contribution in [0.25, 0.3) is 22.6 Å². The molecular formula is C106H156Cl6FeI4N6P6Ru3+8. The number of likely N-dealkylation sites (N-methyl/N-ethyl adjacent to an activating group) is 4. The zero-order valence-electron chi connectivity index (χ0n) is 80.7. The smallest absolute Gasteiger partial charge is 0 e. The van der Waals surface area contributed by atoms with Crippen molar-refractivity contribution in [3.05, 3.63) is 274 Å². The van der Waals surface area contributed by atoms with Crippen LogP contribution in [0.15, 0.2) is 218 Å². The van der Waals surface area contributed by atoms with Gasteiger partial charge in [0.05, 0.1) is 38.5 Å². The van der Waals surface area contributed by atoms with Gasteiger partial charge in [0, 0.05) is 70.2 Å². The second kappa shape index (κ2) is 70.3. The number of nitrogens with one attached hydrogen (secondary N) is 6. The Hall–Kier alpha value is 2.37. The van der Waals surface area contributed by atoms with Crippen molar-refractivity contribution in [2.75, 3.05) is 54.4 Å². The van der Waals surface area contributed by atoms with E-state index in [0.717, 1.165) is 88.5 Å². The molecule has 6 N–H and O–H groups in total. The van der Waals surface area contributed by atoms with Crippen LogP contribution in [0.1, 0.15) is 232 Å². The third kappa shape index (κ3) is 39.5. The van der Waals surface area contributed by atoms with Gasteiger partial charge in [-0.2, -0.15) is 0 Å². The Morgan fingerprint density at radius 1 is 0.364 bits per heavy atom. The van der Waals surface area contributed by atoms with Crippen LogP contribution in [0.5, 0.6) is 0 Å². The largest absolute Gasteiger partial charge is 0.672 e. The standard InChI is InChI=1S/C42H40P2.C19H36I4P2.C18H28P2.C14H14N2.C5H10.2C4H12N2.6ClH.Fe.3Ru/c1-29-27-39(43(35-19-11-7-12-20-35)36-21-13-8-14-22-36)41(33(5)31(29)3)42-34(6)32(4)30(2)28-40(42)44(37-23-15-9-16-24-37)38-25-17-10-18-26-38;1-15(24(20,21)16-9-4-2-5-10-16)18-13-8-14-19(18)25(22,23)17-11-6-3-7-12-17;1-13-9-10-14(2)19(13)17-7-5-6-8-18(17)20-15(3)11-12-16(20)4;15-13(11-7-3-1-4-8-11)14(16)12-9-5-2-6-10-12;1-2-4-5-3-1;2*1-5-3-4-6-2;;;;;;;;;;/h7-28H,1-6H3;15-19,24-25H,2-14H2,1H3;5-8,13-16H,9-12H2,1-4H3;1-10,13-16H;1-5H2;2*5-6H,3-4H2,1-2H3;6*1H;;;;/q;;;-2;;;;;;;;;;;3*+4/p-2/t;;13-,14-,15-,16-;13-,14-;;;;;;;;;;;;;/m..01............./s1. The topological polar surface area (TPSA) is 95.7 Å². The molecule has 3 unspecified atom stereocenters. The zero-order valence-corrected chi connectivity index (χ0v) is 106. The fraction of sp³-hybridized carbons (Fsp3) is 0.491. The Morgan fingerprint density at radius 2 is 0.621 bits per heavy atom. The van der Waals surface area contributed by atoms with Crippen molar-refractivity contribution in [3.8, 4) is 11.1 Å². The van der Waals surface area contributed by atoms with Crippen molar-refractivity contribution in [2.24, 2.45) is 5.92 Å². The summed E-state index contributed by atoms with van der Waals surface area (Å²) in [6.45, 7) is 30.9. The molecule has 4 saturated carbocycles. The minimum Gasteiger partial charge on any atom is -0.672 e. The van der Waals surface area contributed by atoms with E-state index < -0.39 is 33.0 Å². The van der Waals surface area contributed by atoms with Crippen LogP contribution in [-0.2, 0) is 62.5 Å². The first-order chi connectivity index (χ1) is 63.2. The summed E-state index contributed by atoms with van der Waals surface area (Å²) < 4.78 is -2.35. The van der Waals surface area contributed by atoms with E-state index in [-0.39, 0.29) is 78.3 Å². The van der Waals surface area contributed by atoms with Crippen molar-refractivity contribution in [1.29, 1.82) is 0 Å². The van der Waals surface area contributed by atoms with E-state index in [2.05, 4.69) is 343 Å². The average Bonchev–Trinajstić information content (AvgIpc) is 1.02. The van der Waals surface area contributed by atoms with E-state index in [9.17, 15) is 0 Å². The third-order valence-corrected chi connectivity index (χ3v) is 69.1. The Bertz CT molecular complexity index is 4210. The molecule has 26 heteroatoms. The monoisotopic (exact) mass is 2780 g/mol. The first-order valence-corrected chi connectivity index (χ1v) is 84.1. The van der Waals surface area contributed by atoms with E-state index in [1.165, 1.54) is 179 Å². The number of aryl methyl sites for hydroxylation is 2. The van der Waals surface area contributed by atoms with E-state index >= 15 is 0 Å². The minimum atomic E-state index is -1.31. The molecule has 2 heterocycles. The fourth-order valence-electron chi connectivity index (χ4n) is 20.3. The molecule has 6 aliphatic rings. The SMILES string of the molecule is C1CCCC1.CC(C1CCCC1[PH](I)(I)C1CCCCC1)[PH](I)(I)C1CCCCC1.CNCCNC.CNCCNC.C[C@H]1CC[C@H](C)[PH+]1c1ccccc1[PH+]1[C@@H](C)CC[C@@H]1C.Cc1cc([PH+](c2ccccc2)c2ccccc2)c(-c2c([PH+](c3ccccc3)c3ccccc3)cc(C)c(C)c2C)c(C)c1C.[Cl][Ru+2][Cl].[Cl][Ru+2][Cl].[Cl][Ru+2][Cl].[Fe].[NH-][C@H](c1ccccc1)[C@H]([NH-])c1ccccc1. The fourth-order valence-corrected chi connectivity index (χ4v) is 55.7. The van der Waals surface area contributed by atoms with Gasteiger partial charge >= 0.3 is 316 Å². The van der Waals surface area contributed by atoms with E-state index in [1.54, 1.807) is 38.5 Å². The van der Waals surface area contributed by atoms with E-state index in [0.29, 0.717) is 0 Å². The van der Waals surface area contributed by atoms with Gasteiger partial charge in [-0.1, -0.05) is 189 Å². The zero-order chi connectivity index (χ0) is 95.8. The predicted molar refractivity (Wildman–Crippen MR) is 637 cm³/mol. The van der Waals surface area contributed by atoms with Gasteiger partial charge in [-0.3, -0.25) is 0 Å². The maximum atomic E-state index is 8.07. The van der Waals surface area contributed by atoms with Crippen LogP contribution >= 0.6 is 183 Å². The number of hydrogen-bond donors (Lipinski definition) is 4. The van der Waals surface area contributed by atoms with Gasteiger partial charge in [-0.05, 0) is 229 Å². The van der Waals surface area contributed by atoms with Gasteiger partial charge < -0.3 is 32.7 Å². The molecule has 132 heavy (non-hydrogen) atoms. The molecule has 6 nitrogen and oxygen atoms in total. The molecule has 9 atom stereocenters. The molecule has 4 aliphatic carbocycles. The van der Waals surface area contributed by atoms with Crippen molar-refractivity contribution >= 4 is 226 Å². The van der Waals surface area contributed by atoms with Crippen molar-refractivity contribution in [3.63, 3.8) is 0 Å². The molecule has 15 rings (SSSR count). The summed E-state index contributed by atoms with van der Waals surface area (Å²) in [5.41, 5.74) is 37.4. The first-order valence-electron chi connectivity index (χ1n) is 47.6. The average molecular weight is 2780 g/mol. The molecule has 9 aromatic carbocycles. The molecule has 9 aromatic rings. The maximum absolute atomic E-state index is 8.07. The summed E-state index contributed by atoms with van der Waals surface area (Å²) >= 11 is 11.2. The summed E-state index contributed by atoms with van der Waals surface area (Å²) in [7, 11) is 33.6. The van der Waals surface area contributed by atoms with Crippen LogP contribution in [0, 0.1) is 47.5 Å². The second-order valence-electron chi connectivity index (χ2n) is 36.3. The summed E-state index contributed by atoms with van der Waals surface area (Å²) in [6, 6.07) is 77.7. The number of halogens is 10. The summed E-state index contributed by atoms with van der Waals surface area (Å²) in [6.07, 6.45) is 33.4. The van der Waals surface area contributed by atoms with Crippen LogP contribution in [0.4, 0.5) is 0 Å². The molecule has 6 fully saturated rings. The van der Waals surface area contributed by atoms with Crippen LogP contribution in [0.2, 0.25) is 0 Å². The maximum Gasteiger partial charge on any atom is 0 e. The van der Waals surface area contributed by atoms with Gasteiger partial charge in [-0.15, -0.1) is 12.1 Å². The van der Waals surface area contributed by atoms with Gasteiger partial charge in [0.2, 0.25) is 0 Å². The van der Waals surface area contributed by atoms with Crippen molar-refractivity contribution < 1.29 is 62.5 Å². The van der Waals surface area contributed by atoms with Crippen LogP contribution in [0.3, 0.4) is 0 Å². The van der Waals surface area contributed by atoms with E-state index in [1.807, 2.05) is 99.5 Å². The van der Waals surface area contributed by atoms with Gasteiger partial charge in [0.1, 0.15) is 42.4 Å². The van der Waals surface area contributed by atoms with Crippen LogP contribution in [-0.4, -0.2) is 99.6 Å². The molecule has 0 aromatic heterocycles. The first kappa shape index (κ1) is 125. The molecule has 2 aliphatic heterocycles. The molecule has 0 radical (unpaired) electrons. The summed E-state index contributed by atoms with van der Waals surface area (Å²) in [4.78, 5) is 0. The van der Waals surface area contributed by atoms with Crippen LogP contribution < -0.4 is 63.7 Å². The van der Waals surface area contributed by atoms with Crippen molar-refractivity contribution in [2.45, 2.75) is 275 Å². The Balaban J connectivity index is 0.000000299. The normalized spacial score (nSPS) is 19.4. The second-order valence-corrected chi connectivity index (χ2v) is 95.7. The number of rotatable bonds is 23. The number of benzene rings is 9. The Morgan fingerprint density at radius 3 is 0.902 bits per heavy atom. The molecule has 0 spiro atoms. The summed E-state index contributed by atoms with van der Waals surface area (Å²) in [5.74, 6) is 1.07. The summed E-state index contributed by atoms with van der Waals surface area (Å²) in [5, 5.41) is 24.4. The molecule has 0 bridgehead atoms.